The molecule has 1 aromatic heterocycles. The van der Waals surface area contributed by atoms with Crippen LogP contribution in [0, 0.1) is 0 Å². The van der Waals surface area contributed by atoms with E-state index in [1.54, 1.807) is 17.0 Å². The van der Waals surface area contributed by atoms with Gasteiger partial charge in [0.15, 0.2) is 0 Å². The zero-order valence-corrected chi connectivity index (χ0v) is 11.1. The molecule has 102 valence electrons. The van der Waals surface area contributed by atoms with Gasteiger partial charge in [-0.1, -0.05) is 0 Å². The van der Waals surface area contributed by atoms with E-state index in [2.05, 4.69) is 5.32 Å². The Labute approximate surface area is 108 Å². The van der Waals surface area contributed by atoms with Crippen molar-refractivity contribution in [1.82, 2.24) is 10.2 Å². The van der Waals surface area contributed by atoms with Crippen LogP contribution < -0.4 is 5.32 Å². The molecule has 0 fully saturated rings. The molecule has 0 saturated heterocycles. The van der Waals surface area contributed by atoms with Crippen LogP contribution in [0.25, 0.3) is 0 Å². The number of aliphatic hydroxyl groups excluding tert-OH is 1. The molecule has 1 heterocycles. The lowest BCUT2D eigenvalue weighted by molar-refractivity contribution is -0.130. The second-order valence-corrected chi connectivity index (χ2v) is 4.05. The molecule has 0 aliphatic rings. The van der Waals surface area contributed by atoms with Gasteiger partial charge in [-0.2, -0.15) is 0 Å². The predicted octanol–water partition coefficient (Wildman–Crippen LogP) is 1.16. The van der Waals surface area contributed by atoms with Gasteiger partial charge < -0.3 is 19.7 Å². The van der Waals surface area contributed by atoms with E-state index in [0.29, 0.717) is 25.3 Å². The summed E-state index contributed by atoms with van der Waals surface area (Å²) in [5, 5.41) is 12.8. The van der Waals surface area contributed by atoms with Crippen molar-refractivity contribution in [3.05, 3.63) is 24.2 Å². The Morgan fingerprint density at radius 3 is 2.78 bits per heavy atom. The number of rotatable bonds is 8. The number of aliphatic hydroxyl groups is 1. The summed E-state index contributed by atoms with van der Waals surface area (Å²) in [5.74, 6) is 0.678. The molecule has 0 bridgehead atoms. The maximum Gasteiger partial charge on any atom is 0.223 e. The number of carbonyl (C=O) groups is 1. The van der Waals surface area contributed by atoms with Gasteiger partial charge in [-0.05, 0) is 26.0 Å². The average Bonchev–Trinajstić information content (AvgIpc) is 2.89. The van der Waals surface area contributed by atoms with Crippen LogP contribution in [0.4, 0.5) is 0 Å². The number of amides is 1. The second-order valence-electron chi connectivity index (χ2n) is 4.05. The Kier molecular flexibility index (Phi) is 6.46. The van der Waals surface area contributed by atoms with E-state index in [1.807, 2.05) is 13.8 Å². The highest BCUT2D eigenvalue weighted by atomic mass is 16.4. The highest BCUT2D eigenvalue weighted by molar-refractivity contribution is 5.76. The van der Waals surface area contributed by atoms with Gasteiger partial charge in [0, 0.05) is 32.6 Å². The molecule has 0 saturated carbocycles. The molecule has 1 atom stereocenters. The van der Waals surface area contributed by atoms with E-state index in [4.69, 9.17) is 4.42 Å². The zero-order chi connectivity index (χ0) is 13.4. The maximum absolute atomic E-state index is 11.7. The molecule has 18 heavy (non-hydrogen) atoms. The van der Waals surface area contributed by atoms with E-state index in [1.165, 1.54) is 6.26 Å². The fraction of sp³-hybridized carbons (Fsp3) is 0.615. The van der Waals surface area contributed by atoms with Crippen molar-refractivity contribution in [3.8, 4) is 0 Å². The van der Waals surface area contributed by atoms with Gasteiger partial charge in [0.2, 0.25) is 5.91 Å². The van der Waals surface area contributed by atoms with Gasteiger partial charge in [-0.3, -0.25) is 4.79 Å². The molecule has 1 aromatic rings. The molecular weight excluding hydrogens is 232 g/mol. The third kappa shape index (κ3) is 4.50. The van der Waals surface area contributed by atoms with E-state index < -0.39 is 6.10 Å². The highest BCUT2D eigenvalue weighted by Gasteiger charge is 2.11. The fourth-order valence-electron chi connectivity index (χ4n) is 1.75. The standard InChI is InChI=1S/C13H22N2O3/c1-3-15(4-2)13(17)7-8-14-10-11(16)12-6-5-9-18-12/h5-6,9,11,14,16H,3-4,7-8,10H2,1-2H3. The largest absolute Gasteiger partial charge is 0.467 e. The van der Waals surface area contributed by atoms with E-state index in [9.17, 15) is 9.90 Å². The number of nitrogens with zero attached hydrogens (tertiary/aromatic N) is 1. The highest BCUT2D eigenvalue weighted by Crippen LogP contribution is 2.11. The van der Waals surface area contributed by atoms with Crippen LogP contribution in [0.2, 0.25) is 0 Å². The van der Waals surface area contributed by atoms with E-state index in [0.717, 1.165) is 13.1 Å². The predicted molar refractivity (Wildman–Crippen MR) is 69.1 cm³/mol. The van der Waals surface area contributed by atoms with Crippen LogP contribution >= 0.6 is 0 Å². The summed E-state index contributed by atoms with van der Waals surface area (Å²) in [6.45, 7) is 6.37. The summed E-state index contributed by atoms with van der Waals surface area (Å²) in [6, 6.07) is 3.47. The van der Waals surface area contributed by atoms with Gasteiger partial charge in [0.25, 0.3) is 0 Å². The van der Waals surface area contributed by atoms with Crippen molar-refractivity contribution in [2.24, 2.45) is 0 Å². The summed E-state index contributed by atoms with van der Waals surface area (Å²) in [5.41, 5.74) is 0. The van der Waals surface area contributed by atoms with Crippen LogP contribution in [-0.4, -0.2) is 42.1 Å². The number of furan rings is 1. The summed E-state index contributed by atoms with van der Waals surface area (Å²) in [4.78, 5) is 13.5. The molecule has 2 N–H and O–H groups in total. The van der Waals surface area contributed by atoms with Gasteiger partial charge in [0.05, 0.1) is 6.26 Å². The lowest BCUT2D eigenvalue weighted by Gasteiger charge is -2.18. The van der Waals surface area contributed by atoms with Crippen molar-refractivity contribution >= 4 is 5.91 Å². The van der Waals surface area contributed by atoms with Crippen molar-refractivity contribution in [1.29, 1.82) is 0 Å². The SMILES string of the molecule is CCN(CC)C(=O)CCNCC(O)c1ccco1. The monoisotopic (exact) mass is 254 g/mol. The Balaban J connectivity index is 2.17. The molecule has 0 aliphatic heterocycles. The molecule has 1 amide bonds. The van der Waals surface area contributed by atoms with Gasteiger partial charge in [-0.15, -0.1) is 0 Å². The second kappa shape index (κ2) is 7.89. The van der Waals surface area contributed by atoms with Crippen LogP contribution in [-0.2, 0) is 4.79 Å². The van der Waals surface area contributed by atoms with E-state index in [-0.39, 0.29) is 5.91 Å². The number of carbonyl (C=O) groups excluding carboxylic acids is 1. The van der Waals surface area contributed by atoms with Crippen LogP contribution in [0.5, 0.6) is 0 Å². The summed E-state index contributed by atoms with van der Waals surface area (Å²) in [6.07, 6.45) is 1.32. The molecule has 0 aromatic carbocycles. The molecule has 5 nitrogen and oxygen atoms in total. The molecule has 0 spiro atoms. The van der Waals surface area contributed by atoms with Crippen molar-refractivity contribution in [2.45, 2.75) is 26.4 Å². The first-order valence-corrected chi connectivity index (χ1v) is 6.39. The Bertz CT molecular complexity index is 334. The van der Waals surface area contributed by atoms with Crippen LogP contribution in [0.15, 0.2) is 22.8 Å². The number of hydrogen-bond acceptors (Lipinski definition) is 4. The van der Waals surface area contributed by atoms with Gasteiger partial charge in [0.1, 0.15) is 11.9 Å². The normalized spacial score (nSPS) is 12.4. The third-order valence-corrected chi connectivity index (χ3v) is 2.84. The Morgan fingerprint density at radius 1 is 1.50 bits per heavy atom. The molecule has 0 aliphatic carbocycles. The van der Waals surface area contributed by atoms with Crippen LogP contribution in [0.3, 0.4) is 0 Å². The quantitative estimate of drug-likeness (QED) is 0.683. The molecule has 0 radical (unpaired) electrons. The molecule has 1 unspecified atom stereocenters. The average molecular weight is 254 g/mol. The number of nitrogens with one attached hydrogen (secondary N) is 1. The molecule has 5 heteroatoms. The Morgan fingerprint density at radius 2 is 2.22 bits per heavy atom. The lowest BCUT2D eigenvalue weighted by Crippen LogP contribution is -2.33. The minimum Gasteiger partial charge on any atom is -0.467 e. The summed E-state index contributed by atoms with van der Waals surface area (Å²) < 4.78 is 5.08. The summed E-state index contributed by atoms with van der Waals surface area (Å²) >= 11 is 0. The minimum atomic E-state index is -0.663. The maximum atomic E-state index is 11.7. The van der Waals surface area contributed by atoms with Crippen molar-refractivity contribution in [2.75, 3.05) is 26.2 Å². The third-order valence-electron chi connectivity index (χ3n) is 2.84. The first-order valence-electron chi connectivity index (χ1n) is 6.39. The van der Waals surface area contributed by atoms with Crippen molar-refractivity contribution < 1.29 is 14.3 Å². The van der Waals surface area contributed by atoms with Gasteiger partial charge >= 0.3 is 0 Å². The lowest BCUT2D eigenvalue weighted by atomic mass is 10.2. The van der Waals surface area contributed by atoms with E-state index >= 15 is 0 Å². The van der Waals surface area contributed by atoms with Gasteiger partial charge in [-0.25, -0.2) is 0 Å². The van der Waals surface area contributed by atoms with Crippen LogP contribution in [0.1, 0.15) is 32.1 Å². The number of hydrogen-bond donors (Lipinski definition) is 2. The zero-order valence-electron chi connectivity index (χ0n) is 11.1. The van der Waals surface area contributed by atoms with Crippen molar-refractivity contribution in [3.63, 3.8) is 0 Å². The first-order chi connectivity index (χ1) is 8.69. The molecule has 1 rings (SSSR count). The molecular formula is C13H22N2O3. The topological polar surface area (TPSA) is 65.7 Å². The Hall–Kier alpha value is -1.33. The first kappa shape index (κ1) is 14.7. The smallest absolute Gasteiger partial charge is 0.223 e. The minimum absolute atomic E-state index is 0.139. The summed E-state index contributed by atoms with van der Waals surface area (Å²) in [7, 11) is 0. The fourth-order valence-corrected chi connectivity index (χ4v) is 1.75.